The van der Waals surface area contributed by atoms with Crippen molar-refractivity contribution in [2.75, 3.05) is 25.6 Å². The van der Waals surface area contributed by atoms with Crippen LogP contribution in [0.2, 0.25) is 0 Å². The molecule has 1 fully saturated rings. The van der Waals surface area contributed by atoms with Gasteiger partial charge in [-0.1, -0.05) is 30.3 Å². The Balaban J connectivity index is 1.79. The molecule has 0 radical (unpaired) electrons. The first-order chi connectivity index (χ1) is 14.5. The molecule has 1 unspecified atom stereocenters. The molecule has 3 rings (SSSR count). The maximum Gasteiger partial charge on any atom is 0.339 e. The lowest BCUT2D eigenvalue weighted by atomic mass is 10.1. The molecule has 30 heavy (non-hydrogen) atoms. The number of esters is 1. The van der Waals surface area contributed by atoms with Crippen molar-refractivity contribution in [2.24, 2.45) is 0 Å². The number of rotatable bonds is 10. The largest absolute Gasteiger partial charge is 0.444 e. The van der Waals surface area contributed by atoms with Gasteiger partial charge in [0.15, 0.2) is 0 Å². The number of hydrogen-bond acceptors (Lipinski definition) is 7. The van der Waals surface area contributed by atoms with E-state index in [4.69, 9.17) is 9.47 Å². The molecule has 0 bridgehead atoms. The molecule has 2 N–H and O–H groups in total. The number of carbonyl (C=O) groups excluding carboxylic acids is 2. The first-order valence-corrected chi connectivity index (χ1v) is 9.57. The van der Waals surface area contributed by atoms with Gasteiger partial charge in [0.2, 0.25) is 6.10 Å². The van der Waals surface area contributed by atoms with Crippen molar-refractivity contribution < 1.29 is 24.0 Å². The molecule has 0 heterocycles. The van der Waals surface area contributed by atoms with Crippen LogP contribution in [-0.4, -0.2) is 43.1 Å². The van der Waals surface area contributed by atoms with Crippen LogP contribution in [0.15, 0.2) is 48.5 Å². The second kappa shape index (κ2) is 9.84. The van der Waals surface area contributed by atoms with E-state index in [0.29, 0.717) is 18.7 Å². The van der Waals surface area contributed by atoms with E-state index in [1.54, 1.807) is 30.3 Å². The van der Waals surface area contributed by atoms with Crippen molar-refractivity contribution in [1.82, 2.24) is 5.32 Å². The molecule has 0 spiro atoms. The molecular weight excluding hydrogens is 390 g/mol. The fourth-order valence-electron chi connectivity index (χ4n) is 2.83. The van der Waals surface area contributed by atoms with Crippen molar-refractivity contribution in [1.29, 1.82) is 0 Å². The molecule has 1 saturated carbocycles. The molecule has 0 aliphatic heterocycles. The minimum atomic E-state index is -1.14. The van der Waals surface area contributed by atoms with Gasteiger partial charge < -0.3 is 20.1 Å². The van der Waals surface area contributed by atoms with E-state index >= 15 is 0 Å². The van der Waals surface area contributed by atoms with Crippen LogP contribution in [0.5, 0.6) is 0 Å². The molecule has 1 aliphatic rings. The molecule has 2 aromatic carbocycles. The Hall–Kier alpha value is -3.46. The lowest BCUT2D eigenvalue weighted by molar-refractivity contribution is -0.384. The first-order valence-electron chi connectivity index (χ1n) is 9.57. The molecule has 0 aromatic heterocycles. The molecule has 158 valence electrons. The summed E-state index contributed by atoms with van der Waals surface area (Å²) in [5.74, 6) is -1.23. The molecule has 1 aliphatic carbocycles. The predicted octanol–water partition coefficient (Wildman–Crippen LogP) is 2.83. The lowest BCUT2D eigenvalue weighted by Gasteiger charge is -2.18. The highest BCUT2D eigenvalue weighted by molar-refractivity contribution is 5.94. The third kappa shape index (κ3) is 5.54. The van der Waals surface area contributed by atoms with Gasteiger partial charge in [0.1, 0.15) is 5.69 Å². The van der Waals surface area contributed by atoms with E-state index in [9.17, 15) is 19.7 Å². The zero-order chi connectivity index (χ0) is 21.5. The van der Waals surface area contributed by atoms with Crippen LogP contribution < -0.4 is 10.6 Å². The smallest absolute Gasteiger partial charge is 0.339 e. The summed E-state index contributed by atoms with van der Waals surface area (Å²) in [6, 6.07) is 12.7. The number of nitrogens with one attached hydrogen (secondary N) is 2. The number of anilines is 1. The summed E-state index contributed by atoms with van der Waals surface area (Å²) in [7, 11) is 1.53. The van der Waals surface area contributed by atoms with Crippen LogP contribution in [-0.2, 0) is 14.3 Å². The van der Waals surface area contributed by atoms with Gasteiger partial charge in [0.25, 0.3) is 11.6 Å². The first kappa shape index (κ1) is 21.3. The minimum absolute atomic E-state index is 0.0147. The zero-order valence-corrected chi connectivity index (χ0v) is 16.5. The Morgan fingerprint density at radius 2 is 1.93 bits per heavy atom. The summed E-state index contributed by atoms with van der Waals surface area (Å²) in [6.45, 7) is 0.744. The highest BCUT2D eigenvalue weighted by Gasteiger charge is 2.31. The van der Waals surface area contributed by atoms with Crippen LogP contribution in [0.25, 0.3) is 0 Å². The number of ether oxygens (including phenoxy) is 2. The van der Waals surface area contributed by atoms with Crippen molar-refractivity contribution in [2.45, 2.75) is 25.0 Å². The summed E-state index contributed by atoms with van der Waals surface area (Å²) in [5, 5.41) is 17.2. The SMILES string of the molecule is COCCNc1ccc(C(=O)OC(C(=O)NC2CC2)c2ccccc2)cc1[N+](=O)[O-]. The molecule has 1 amide bonds. The summed E-state index contributed by atoms with van der Waals surface area (Å²) in [5.41, 5.74) is 0.509. The van der Waals surface area contributed by atoms with Crippen molar-refractivity contribution in [3.05, 3.63) is 69.8 Å². The number of nitro groups is 1. The Morgan fingerprint density at radius 3 is 2.57 bits per heavy atom. The van der Waals surface area contributed by atoms with Gasteiger partial charge in [-0.15, -0.1) is 0 Å². The molecule has 0 saturated heterocycles. The molecular formula is C21H23N3O6. The second-order valence-corrected chi connectivity index (χ2v) is 6.89. The molecule has 9 nitrogen and oxygen atoms in total. The third-order valence-electron chi connectivity index (χ3n) is 4.54. The highest BCUT2D eigenvalue weighted by atomic mass is 16.6. The van der Waals surface area contributed by atoms with E-state index < -0.39 is 22.9 Å². The summed E-state index contributed by atoms with van der Waals surface area (Å²) in [6.07, 6.45) is 0.647. The predicted molar refractivity (Wildman–Crippen MR) is 109 cm³/mol. The minimum Gasteiger partial charge on any atom is -0.444 e. The summed E-state index contributed by atoms with van der Waals surface area (Å²) >= 11 is 0. The van der Waals surface area contributed by atoms with Crippen LogP contribution in [0, 0.1) is 10.1 Å². The topological polar surface area (TPSA) is 120 Å². The maximum atomic E-state index is 12.7. The van der Waals surface area contributed by atoms with Crippen molar-refractivity contribution in [3.63, 3.8) is 0 Å². The van der Waals surface area contributed by atoms with Gasteiger partial charge in [-0.05, 0) is 25.0 Å². The summed E-state index contributed by atoms with van der Waals surface area (Å²) in [4.78, 5) is 36.2. The van der Waals surface area contributed by atoms with E-state index in [1.807, 2.05) is 0 Å². The Kier molecular flexibility index (Phi) is 6.97. The van der Waals surface area contributed by atoms with Crippen LogP contribution in [0.3, 0.4) is 0 Å². The zero-order valence-electron chi connectivity index (χ0n) is 16.5. The van der Waals surface area contributed by atoms with Gasteiger partial charge in [-0.3, -0.25) is 14.9 Å². The fraction of sp³-hybridized carbons (Fsp3) is 0.333. The Bertz CT molecular complexity index is 914. The average Bonchev–Trinajstić information content (AvgIpc) is 3.56. The lowest BCUT2D eigenvalue weighted by Crippen LogP contribution is -2.33. The average molecular weight is 413 g/mol. The number of benzene rings is 2. The Morgan fingerprint density at radius 1 is 1.20 bits per heavy atom. The molecule has 1 atom stereocenters. The van der Waals surface area contributed by atoms with Gasteiger partial charge in [-0.2, -0.15) is 0 Å². The molecule has 2 aromatic rings. The summed E-state index contributed by atoms with van der Waals surface area (Å²) < 4.78 is 10.4. The standard InChI is InChI=1S/C21H23N3O6/c1-29-12-11-22-17-10-7-15(13-18(17)24(27)28)21(26)30-19(14-5-3-2-4-6-14)20(25)23-16-8-9-16/h2-7,10,13,16,19,22H,8-9,11-12H2,1H3,(H,23,25). The Labute approximate surface area is 173 Å². The van der Waals surface area contributed by atoms with E-state index in [1.165, 1.54) is 19.2 Å². The number of methoxy groups -OCH3 is 1. The van der Waals surface area contributed by atoms with E-state index in [-0.39, 0.29) is 23.0 Å². The number of nitrogens with zero attached hydrogens (tertiary/aromatic N) is 1. The van der Waals surface area contributed by atoms with Gasteiger partial charge in [0.05, 0.1) is 17.1 Å². The quantitative estimate of drug-likeness (QED) is 0.266. The van der Waals surface area contributed by atoms with Gasteiger partial charge in [-0.25, -0.2) is 4.79 Å². The third-order valence-corrected chi connectivity index (χ3v) is 4.54. The monoisotopic (exact) mass is 413 g/mol. The number of nitro benzene ring substituents is 1. The van der Waals surface area contributed by atoms with Crippen molar-refractivity contribution >= 4 is 23.3 Å². The maximum absolute atomic E-state index is 12.7. The molecule has 9 heteroatoms. The van der Waals surface area contributed by atoms with Gasteiger partial charge >= 0.3 is 5.97 Å². The number of carbonyl (C=O) groups is 2. The van der Waals surface area contributed by atoms with E-state index in [0.717, 1.165) is 18.9 Å². The van der Waals surface area contributed by atoms with Crippen LogP contribution in [0.1, 0.15) is 34.9 Å². The van der Waals surface area contributed by atoms with Crippen LogP contribution >= 0.6 is 0 Å². The fourth-order valence-corrected chi connectivity index (χ4v) is 2.83. The normalized spacial score (nSPS) is 13.9. The van der Waals surface area contributed by atoms with E-state index in [2.05, 4.69) is 10.6 Å². The second-order valence-electron chi connectivity index (χ2n) is 6.89. The van der Waals surface area contributed by atoms with Crippen LogP contribution in [0.4, 0.5) is 11.4 Å². The van der Waals surface area contributed by atoms with Gasteiger partial charge in [0, 0.05) is 31.3 Å². The van der Waals surface area contributed by atoms with Crippen molar-refractivity contribution in [3.8, 4) is 0 Å². The highest BCUT2D eigenvalue weighted by Crippen LogP contribution is 2.28. The number of hydrogen-bond donors (Lipinski definition) is 2. The number of amides is 1.